The Kier molecular flexibility index (Phi) is 10.5. The van der Waals surface area contributed by atoms with Crippen LogP contribution in [-0.4, -0.2) is 66.9 Å². The topological polar surface area (TPSA) is 124 Å². The van der Waals surface area contributed by atoms with Crippen molar-refractivity contribution in [3.63, 3.8) is 0 Å². The molecule has 2 atom stereocenters. The minimum Gasteiger partial charge on any atom is -0.496 e. The fourth-order valence-corrected chi connectivity index (χ4v) is 3.65. The molecule has 0 aliphatic carbocycles. The van der Waals surface area contributed by atoms with Gasteiger partial charge < -0.3 is 30.0 Å². The van der Waals surface area contributed by atoms with Crippen LogP contribution in [0.3, 0.4) is 0 Å². The molecule has 0 radical (unpaired) electrons. The molecule has 0 aliphatic heterocycles. The van der Waals surface area contributed by atoms with Crippen LogP contribution in [0.1, 0.15) is 44.6 Å². The number of hydrogen-bond donors (Lipinski definition) is 3. The maximum Gasteiger partial charge on any atom is 0.272 e. The van der Waals surface area contributed by atoms with Gasteiger partial charge in [-0.3, -0.25) is 14.3 Å². The molecule has 0 aliphatic rings. The van der Waals surface area contributed by atoms with Crippen molar-refractivity contribution in [1.29, 1.82) is 0 Å². The highest BCUT2D eigenvalue weighted by atomic mass is 16.6. The summed E-state index contributed by atoms with van der Waals surface area (Å²) in [5.74, 6) is 0.708. The predicted molar refractivity (Wildman–Crippen MR) is 132 cm³/mol. The van der Waals surface area contributed by atoms with Crippen LogP contribution in [-0.2, 0) is 16.1 Å². The summed E-state index contributed by atoms with van der Waals surface area (Å²) in [5.41, 5.74) is 1.54. The molecule has 0 saturated carbocycles. The Morgan fingerprint density at radius 3 is 2.20 bits per heavy atom. The molecule has 35 heavy (non-hydrogen) atoms. The van der Waals surface area contributed by atoms with Crippen molar-refractivity contribution < 1.29 is 28.9 Å². The van der Waals surface area contributed by atoms with Crippen LogP contribution in [0.25, 0.3) is 11.3 Å². The second-order valence-corrected chi connectivity index (χ2v) is 9.12. The molecule has 0 saturated heterocycles. The summed E-state index contributed by atoms with van der Waals surface area (Å²) in [6.45, 7) is 8.51. The van der Waals surface area contributed by atoms with Crippen molar-refractivity contribution in [3.05, 3.63) is 30.0 Å². The third-order valence-corrected chi connectivity index (χ3v) is 5.29. The second-order valence-electron chi connectivity index (χ2n) is 9.12. The first-order valence-corrected chi connectivity index (χ1v) is 11.7. The molecule has 0 spiro atoms. The minimum atomic E-state index is -1.13. The van der Waals surface area contributed by atoms with E-state index in [0.29, 0.717) is 35.7 Å². The van der Waals surface area contributed by atoms with Crippen LogP contribution in [0.2, 0.25) is 0 Å². The van der Waals surface area contributed by atoms with Gasteiger partial charge in [-0.15, -0.1) is 0 Å². The molecule has 1 heterocycles. The van der Waals surface area contributed by atoms with Crippen LogP contribution in [0, 0.1) is 11.8 Å². The fraction of sp³-hybridized carbons (Fsp3) is 0.560. The highest BCUT2D eigenvalue weighted by Crippen LogP contribution is 2.38. The normalized spacial score (nSPS) is 13.0. The van der Waals surface area contributed by atoms with E-state index in [1.54, 1.807) is 25.0 Å². The van der Waals surface area contributed by atoms with E-state index in [4.69, 9.17) is 14.2 Å². The van der Waals surface area contributed by atoms with E-state index in [9.17, 15) is 14.7 Å². The molecule has 2 amide bonds. The Morgan fingerprint density at radius 1 is 1.06 bits per heavy atom. The number of aliphatic hydroxyl groups is 1. The van der Waals surface area contributed by atoms with Crippen molar-refractivity contribution in [2.24, 2.45) is 11.8 Å². The van der Waals surface area contributed by atoms with E-state index >= 15 is 0 Å². The van der Waals surface area contributed by atoms with E-state index in [0.717, 1.165) is 0 Å². The molecule has 1 aromatic carbocycles. The van der Waals surface area contributed by atoms with Crippen molar-refractivity contribution in [2.45, 2.75) is 53.0 Å². The standard InChI is InChI=1S/C25H38N4O6/c1-15(2)11-17(24(31)26-13-22(30)35-7)27-25(32)18-12-19(29(28-18)14-16(3)4)23-20(33-5)9-8-10-21(23)34-6/h8-10,12,15-17,22,30H,11,13-14H2,1-7H3,(H,26,31)(H,27,32)/t17-,22?/m0/s1. The van der Waals surface area contributed by atoms with E-state index in [-0.39, 0.29) is 24.1 Å². The Balaban J connectivity index is 2.40. The zero-order chi connectivity index (χ0) is 26.1. The summed E-state index contributed by atoms with van der Waals surface area (Å²) < 4.78 is 17.6. The predicted octanol–water partition coefficient (Wildman–Crippen LogP) is 2.45. The number of methoxy groups -OCH3 is 3. The molecule has 2 aromatic rings. The largest absolute Gasteiger partial charge is 0.496 e. The molecule has 0 fully saturated rings. The molecule has 3 N–H and O–H groups in total. The summed E-state index contributed by atoms with van der Waals surface area (Å²) in [7, 11) is 4.49. The Hall–Kier alpha value is -3.11. The number of benzene rings is 1. The Labute approximate surface area is 206 Å². The number of carbonyl (C=O) groups is 2. The smallest absolute Gasteiger partial charge is 0.272 e. The molecule has 1 aromatic heterocycles. The lowest BCUT2D eigenvalue weighted by Gasteiger charge is -2.20. The highest BCUT2D eigenvalue weighted by molar-refractivity contribution is 5.97. The average Bonchev–Trinajstić information content (AvgIpc) is 3.23. The summed E-state index contributed by atoms with van der Waals surface area (Å²) in [6, 6.07) is 6.35. The number of aliphatic hydroxyl groups excluding tert-OH is 1. The quantitative estimate of drug-likeness (QED) is 0.369. The van der Waals surface area contributed by atoms with E-state index < -0.39 is 24.1 Å². The fourth-order valence-electron chi connectivity index (χ4n) is 3.65. The lowest BCUT2D eigenvalue weighted by molar-refractivity contribution is -0.126. The monoisotopic (exact) mass is 490 g/mol. The average molecular weight is 491 g/mol. The third kappa shape index (κ3) is 7.69. The molecule has 2 rings (SSSR count). The lowest BCUT2D eigenvalue weighted by Crippen LogP contribution is -2.49. The molecule has 194 valence electrons. The van der Waals surface area contributed by atoms with Crippen molar-refractivity contribution >= 4 is 11.8 Å². The van der Waals surface area contributed by atoms with Gasteiger partial charge >= 0.3 is 0 Å². The van der Waals surface area contributed by atoms with Gasteiger partial charge in [0.1, 0.15) is 17.5 Å². The molecular formula is C25H38N4O6. The first kappa shape index (κ1) is 28.1. The molecule has 10 heteroatoms. The number of ether oxygens (including phenoxy) is 3. The van der Waals surface area contributed by atoms with Gasteiger partial charge in [-0.25, -0.2) is 0 Å². The van der Waals surface area contributed by atoms with Crippen LogP contribution in [0.4, 0.5) is 0 Å². The number of nitrogens with zero attached hydrogens (tertiary/aromatic N) is 2. The molecular weight excluding hydrogens is 452 g/mol. The number of carbonyl (C=O) groups excluding carboxylic acids is 2. The zero-order valence-corrected chi connectivity index (χ0v) is 21.6. The van der Waals surface area contributed by atoms with E-state index in [2.05, 4.69) is 29.6 Å². The highest BCUT2D eigenvalue weighted by Gasteiger charge is 2.26. The maximum absolute atomic E-state index is 13.2. The van der Waals surface area contributed by atoms with Crippen LogP contribution in [0.15, 0.2) is 24.3 Å². The number of amides is 2. The van der Waals surface area contributed by atoms with Crippen molar-refractivity contribution in [2.75, 3.05) is 27.9 Å². The number of hydrogen-bond acceptors (Lipinski definition) is 7. The number of rotatable bonds is 13. The van der Waals surface area contributed by atoms with Crippen LogP contribution >= 0.6 is 0 Å². The maximum atomic E-state index is 13.2. The Morgan fingerprint density at radius 2 is 1.69 bits per heavy atom. The van der Waals surface area contributed by atoms with E-state index in [1.165, 1.54) is 7.11 Å². The Bertz CT molecular complexity index is 966. The van der Waals surface area contributed by atoms with Crippen LogP contribution in [0.5, 0.6) is 11.5 Å². The summed E-state index contributed by atoms with van der Waals surface area (Å²) in [4.78, 5) is 25.9. The van der Waals surface area contributed by atoms with Gasteiger partial charge in [-0.05, 0) is 36.5 Å². The summed E-state index contributed by atoms with van der Waals surface area (Å²) >= 11 is 0. The third-order valence-electron chi connectivity index (χ3n) is 5.29. The number of aromatic nitrogens is 2. The van der Waals surface area contributed by atoms with Gasteiger partial charge in [-0.2, -0.15) is 5.10 Å². The van der Waals surface area contributed by atoms with Crippen molar-refractivity contribution in [3.8, 4) is 22.8 Å². The summed E-state index contributed by atoms with van der Waals surface area (Å²) in [6.07, 6.45) is -0.708. The van der Waals surface area contributed by atoms with Gasteiger partial charge in [0.05, 0.1) is 32.0 Å². The lowest BCUT2D eigenvalue weighted by atomic mass is 10.0. The van der Waals surface area contributed by atoms with Gasteiger partial charge in [0.15, 0.2) is 12.0 Å². The van der Waals surface area contributed by atoms with Gasteiger partial charge in [0, 0.05) is 13.7 Å². The number of nitrogens with one attached hydrogen (secondary N) is 2. The first-order chi connectivity index (χ1) is 16.6. The molecule has 1 unspecified atom stereocenters. The van der Waals surface area contributed by atoms with Gasteiger partial charge in [-0.1, -0.05) is 33.8 Å². The molecule has 10 nitrogen and oxygen atoms in total. The van der Waals surface area contributed by atoms with E-state index in [1.807, 2.05) is 32.0 Å². The second kappa shape index (κ2) is 13.1. The zero-order valence-electron chi connectivity index (χ0n) is 21.6. The first-order valence-electron chi connectivity index (χ1n) is 11.7. The van der Waals surface area contributed by atoms with Crippen LogP contribution < -0.4 is 20.1 Å². The molecule has 0 bridgehead atoms. The van der Waals surface area contributed by atoms with Crippen molar-refractivity contribution in [1.82, 2.24) is 20.4 Å². The summed E-state index contributed by atoms with van der Waals surface area (Å²) in [5, 5.41) is 19.5. The SMILES string of the molecule is COc1cccc(OC)c1-c1cc(C(=O)N[C@@H](CC(C)C)C(=O)NCC(O)OC)nn1CC(C)C. The van der Waals surface area contributed by atoms with Gasteiger partial charge in [0.25, 0.3) is 5.91 Å². The van der Waals surface area contributed by atoms with Gasteiger partial charge in [0.2, 0.25) is 5.91 Å². The minimum absolute atomic E-state index is 0.0828.